The second-order valence-corrected chi connectivity index (χ2v) is 7.22. The molecule has 7 heteroatoms. The molecule has 2 aliphatic heterocycles. The Balaban J connectivity index is 1.45. The predicted octanol–water partition coefficient (Wildman–Crippen LogP) is 2.86. The van der Waals surface area contributed by atoms with Crippen LogP contribution in [0.5, 0.6) is 23.0 Å². The van der Waals surface area contributed by atoms with E-state index in [0.717, 1.165) is 24.3 Å². The molecule has 7 nitrogen and oxygen atoms in total. The van der Waals surface area contributed by atoms with Gasteiger partial charge in [0, 0.05) is 24.8 Å². The number of amides is 1. The van der Waals surface area contributed by atoms with Gasteiger partial charge in [-0.3, -0.25) is 9.69 Å². The SMILES string of the molecule is COc1cc2c(cc1OC)CN([C@H](C)C(=O)Nc1ccc3c(c1)OCCO3)CC2. The van der Waals surface area contributed by atoms with E-state index in [1.54, 1.807) is 14.2 Å². The minimum Gasteiger partial charge on any atom is -0.493 e. The van der Waals surface area contributed by atoms with E-state index in [-0.39, 0.29) is 11.9 Å². The molecule has 0 saturated carbocycles. The maximum Gasteiger partial charge on any atom is 0.241 e. The number of nitrogens with zero attached hydrogens (tertiary/aromatic N) is 1. The lowest BCUT2D eigenvalue weighted by atomic mass is 9.97. The van der Waals surface area contributed by atoms with Crippen LogP contribution >= 0.6 is 0 Å². The first-order valence-corrected chi connectivity index (χ1v) is 9.77. The first kappa shape index (κ1) is 19.4. The molecule has 2 aromatic carbocycles. The Kier molecular flexibility index (Phi) is 5.49. The number of anilines is 1. The summed E-state index contributed by atoms with van der Waals surface area (Å²) in [6.07, 6.45) is 0.858. The summed E-state index contributed by atoms with van der Waals surface area (Å²) in [4.78, 5) is 15.0. The first-order valence-electron chi connectivity index (χ1n) is 9.77. The van der Waals surface area contributed by atoms with Crippen molar-refractivity contribution in [1.29, 1.82) is 0 Å². The van der Waals surface area contributed by atoms with Gasteiger partial charge in [0.05, 0.1) is 20.3 Å². The van der Waals surface area contributed by atoms with Crippen LogP contribution in [0.2, 0.25) is 0 Å². The zero-order chi connectivity index (χ0) is 20.4. The van der Waals surface area contributed by atoms with E-state index >= 15 is 0 Å². The Hall–Kier alpha value is -2.93. The van der Waals surface area contributed by atoms with Gasteiger partial charge in [0.1, 0.15) is 13.2 Å². The number of ether oxygens (including phenoxy) is 4. The summed E-state index contributed by atoms with van der Waals surface area (Å²) >= 11 is 0. The minimum absolute atomic E-state index is 0.0504. The monoisotopic (exact) mass is 398 g/mol. The Morgan fingerprint density at radius 1 is 1.03 bits per heavy atom. The first-order chi connectivity index (χ1) is 14.1. The summed E-state index contributed by atoms with van der Waals surface area (Å²) in [5.74, 6) is 2.77. The van der Waals surface area contributed by atoms with Crippen molar-refractivity contribution in [3.05, 3.63) is 41.5 Å². The minimum atomic E-state index is -0.274. The highest BCUT2D eigenvalue weighted by Crippen LogP contribution is 2.34. The summed E-state index contributed by atoms with van der Waals surface area (Å²) in [7, 11) is 3.28. The molecular formula is C22H26N2O5. The molecule has 0 aromatic heterocycles. The fourth-order valence-electron chi connectivity index (χ4n) is 3.77. The van der Waals surface area contributed by atoms with E-state index < -0.39 is 0 Å². The van der Waals surface area contributed by atoms with Gasteiger partial charge in [0.2, 0.25) is 5.91 Å². The van der Waals surface area contributed by atoms with Gasteiger partial charge in [-0.25, -0.2) is 0 Å². The average Bonchev–Trinajstić information content (AvgIpc) is 2.77. The number of fused-ring (bicyclic) bond motifs is 2. The largest absolute Gasteiger partial charge is 0.493 e. The summed E-state index contributed by atoms with van der Waals surface area (Å²) < 4.78 is 21.9. The molecule has 0 aliphatic carbocycles. The third-order valence-corrected chi connectivity index (χ3v) is 5.48. The predicted molar refractivity (Wildman–Crippen MR) is 109 cm³/mol. The lowest BCUT2D eigenvalue weighted by molar-refractivity contribution is -0.121. The number of methoxy groups -OCH3 is 2. The number of hydrogen-bond acceptors (Lipinski definition) is 6. The van der Waals surface area contributed by atoms with Gasteiger partial charge in [-0.15, -0.1) is 0 Å². The van der Waals surface area contributed by atoms with Crippen LogP contribution in [0.25, 0.3) is 0 Å². The lowest BCUT2D eigenvalue weighted by Gasteiger charge is -2.33. The van der Waals surface area contributed by atoms with E-state index in [9.17, 15) is 4.79 Å². The van der Waals surface area contributed by atoms with E-state index in [0.29, 0.717) is 42.7 Å². The van der Waals surface area contributed by atoms with Crippen LogP contribution < -0.4 is 24.3 Å². The molecule has 1 amide bonds. The summed E-state index contributed by atoms with van der Waals surface area (Å²) in [5.41, 5.74) is 3.10. The fourth-order valence-corrected chi connectivity index (χ4v) is 3.77. The molecular weight excluding hydrogens is 372 g/mol. The quantitative estimate of drug-likeness (QED) is 0.835. The van der Waals surface area contributed by atoms with Crippen molar-refractivity contribution < 1.29 is 23.7 Å². The normalized spacial score (nSPS) is 16.5. The maximum atomic E-state index is 12.8. The van der Waals surface area contributed by atoms with Gasteiger partial charge in [-0.05, 0) is 48.7 Å². The van der Waals surface area contributed by atoms with Gasteiger partial charge in [-0.1, -0.05) is 0 Å². The molecule has 0 radical (unpaired) electrons. The van der Waals surface area contributed by atoms with E-state index in [2.05, 4.69) is 10.2 Å². The zero-order valence-electron chi connectivity index (χ0n) is 17.0. The Morgan fingerprint density at radius 2 is 1.72 bits per heavy atom. The smallest absolute Gasteiger partial charge is 0.241 e. The second kappa shape index (κ2) is 8.21. The van der Waals surface area contributed by atoms with Crippen LogP contribution in [-0.2, 0) is 17.8 Å². The summed E-state index contributed by atoms with van der Waals surface area (Å²) in [6, 6.07) is 9.23. The van der Waals surface area contributed by atoms with E-state index in [1.807, 2.05) is 37.3 Å². The van der Waals surface area contributed by atoms with Crippen molar-refractivity contribution >= 4 is 11.6 Å². The third-order valence-electron chi connectivity index (χ3n) is 5.48. The van der Waals surface area contributed by atoms with Gasteiger partial charge >= 0.3 is 0 Å². The van der Waals surface area contributed by atoms with Crippen molar-refractivity contribution in [3.63, 3.8) is 0 Å². The molecule has 29 heavy (non-hydrogen) atoms. The summed E-state index contributed by atoms with van der Waals surface area (Å²) in [6.45, 7) is 4.48. The molecule has 0 unspecified atom stereocenters. The lowest BCUT2D eigenvalue weighted by Crippen LogP contribution is -2.44. The van der Waals surface area contributed by atoms with Crippen LogP contribution in [0.3, 0.4) is 0 Å². The van der Waals surface area contributed by atoms with Crippen LogP contribution in [0.15, 0.2) is 30.3 Å². The fraction of sp³-hybridized carbons (Fsp3) is 0.409. The van der Waals surface area contributed by atoms with Crippen molar-refractivity contribution in [2.75, 3.05) is 39.3 Å². The molecule has 0 saturated heterocycles. The molecule has 2 aliphatic rings. The van der Waals surface area contributed by atoms with E-state index in [4.69, 9.17) is 18.9 Å². The number of hydrogen-bond donors (Lipinski definition) is 1. The van der Waals surface area contributed by atoms with Crippen molar-refractivity contribution in [1.82, 2.24) is 4.90 Å². The molecule has 0 bridgehead atoms. The van der Waals surface area contributed by atoms with Crippen molar-refractivity contribution in [2.45, 2.75) is 25.9 Å². The summed E-state index contributed by atoms with van der Waals surface area (Å²) in [5, 5.41) is 2.99. The van der Waals surface area contributed by atoms with Gasteiger partial charge in [-0.2, -0.15) is 0 Å². The number of nitrogens with one attached hydrogen (secondary N) is 1. The van der Waals surface area contributed by atoms with Crippen LogP contribution in [-0.4, -0.2) is 50.8 Å². The Morgan fingerprint density at radius 3 is 2.45 bits per heavy atom. The van der Waals surface area contributed by atoms with Crippen LogP contribution in [0.1, 0.15) is 18.1 Å². The highest BCUT2D eigenvalue weighted by molar-refractivity contribution is 5.94. The molecule has 0 spiro atoms. The van der Waals surface area contributed by atoms with Gasteiger partial charge in [0.15, 0.2) is 23.0 Å². The molecule has 2 aromatic rings. The van der Waals surface area contributed by atoms with E-state index in [1.165, 1.54) is 5.56 Å². The third kappa shape index (κ3) is 3.96. The van der Waals surface area contributed by atoms with Gasteiger partial charge < -0.3 is 24.3 Å². The standard InChI is InChI=1S/C22H26N2O5/c1-14(22(25)23-17-4-5-18-21(12-17)29-9-8-28-18)24-7-6-15-10-19(26-2)20(27-3)11-16(15)13-24/h4-5,10-12,14H,6-9,13H2,1-3H3,(H,23,25)/t14-/m1/s1. The average molecular weight is 398 g/mol. The Labute approximate surface area is 170 Å². The number of carbonyl (C=O) groups is 1. The number of benzene rings is 2. The Bertz CT molecular complexity index is 914. The van der Waals surface area contributed by atoms with Crippen LogP contribution in [0, 0.1) is 0 Å². The highest BCUT2D eigenvalue weighted by atomic mass is 16.6. The van der Waals surface area contributed by atoms with Gasteiger partial charge in [0.25, 0.3) is 0 Å². The number of rotatable bonds is 5. The molecule has 2 heterocycles. The van der Waals surface area contributed by atoms with Crippen molar-refractivity contribution in [2.24, 2.45) is 0 Å². The molecule has 1 atom stereocenters. The number of carbonyl (C=O) groups excluding carboxylic acids is 1. The van der Waals surface area contributed by atoms with Crippen LogP contribution in [0.4, 0.5) is 5.69 Å². The molecule has 1 N–H and O–H groups in total. The molecule has 0 fully saturated rings. The second-order valence-electron chi connectivity index (χ2n) is 7.22. The van der Waals surface area contributed by atoms with Crippen molar-refractivity contribution in [3.8, 4) is 23.0 Å². The zero-order valence-corrected chi connectivity index (χ0v) is 17.0. The molecule has 154 valence electrons. The highest BCUT2D eigenvalue weighted by Gasteiger charge is 2.27. The molecule has 4 rings (SSSR count). The maximum absolute atomic E-state index is 12.8. The topological polar surface area (TPSA) is 69.3 Å².